The molecule has 1 amide bonds. The van der Waals surface area contributed by atoms with Crippen molar-refractivity contribution < 1.29 is 18.0 Å². The van der Waals surface area contributed by atoms with E-state index in [2.05, 4.69) is 5.32 Å². The molecule has 4 nitrogen and oxygen atoms in total. The maximum atomic E-state index is 12.3. The minimum atomic E-state index is -4.34. The van der Waals surface area contributed by atoms with Crippen molar-refractivity contribution in [1.82, 2.24) is 14.8 Å². The van der Waals surface area contributed by atoms with E-state index in [9.17, 15) is 18.0 Å². The lowest BCUT2D eigenvalue weighted by atomic mass is 10.3. The number of amides is 1. The molecule has 0 aromatic carbocycles. The van der Waals surface area contributed by atoms with Crippen molar-refractivity contribution in [2.75, 3.05) is 27.2 Å². The molecule has 1 N–H and O–H groups in total. The number of hydrogen-bond acceptors (Lipinski definition) is 2. The Hall–Kier alpha value is -1.50. The van der Waals surface area contributed by atoms with Crippen LogP contribution < -0.4 is 5.32 Å². The summed E-state index contributed by atoms with van der Waals surface area (Å²) in [5.74, 6) is -0.417. The Morgan fingerprint density at radius 3 is 2.72 bits per heavy atom. The summed E-state index contributed by atoms with van der Waals surface area (Å²) in [6.07, 6.45) is -3.08. The number of carbonyl (C=O) groups is 1. The van der Waals surface area contributed by atoms with Gasteiger partial charge < -0.3 is 14.8 Å². The number of nitrogens with zero attached hydrogens (tertiary/aromatic N) is 2. The molecule has 0 aliphatic heterocycles. The van der Waals surface area contributed by atoms with Crippen LogP contribution in [0.1, 0.15) is 10.5 Å². The third kappa shape index (κ3) is 4.06. The second-order valence-corrected chi connectivity index (χ2v) is 3.97. The maximum absolute atomic E-state index is 12.3. The molecule has 102 valence electrons. The molecule has 1 rings (SSSR count). The van der Waals surface area contributed by atoms with Crippen LogP contribution in [-0.2, 0) is 6.54 Å². The Balaban J connectivity index is 2.77. The highest BCUT2D eigenvalue weighted by Gasteiger charge is 2.29. The number of alkyl halides is 3. The lowest BCUT2D eigenvalue weighted by Crippen LogP contribution is -2.34. The van der Waals surface area contributed by atoms with Gasteiger partial charge >= 0.3 is 6.18 Å². The smallest absolute Gasteiger partial charge is 0.339 e. The van der Waals surface area contributed by atoms with Crippen molar-refractivity contribution in [2.24, 2.45) is 0 Å². The first-order valence-corrected chi connectivity index (χ1v) is 5.47. The summed E-state index contributed by atoms with van der Waals surface area (Å²) in [4.78, 5) is 13.3. The average Bonchev–Trinajstić information content (AvgIpc) is 2.70. The van der Waals surface area contributed by atoms with Crippen LogP contribution in [0.5, 0.6) is 0 Å². The van der Waals surface area contributed by atoms with Crippen LogP contribution in [0.3, 0.4) is 0 Å². The lowest BCUT2D eigenvalue weighted by Gasteiger charge is -2.18. The van der Waals surface area contributed by atoms with E-state index in [1.807, 2.05) is 0 Å². The van der Waals surface area contributed by atoms with Gasteiger partial charge in [-0.3, -0.25) is 4.79 Å². The van der Waals surface area contributed by atoms with E-state index in [4.69, 9.17) is 0 Å². The first-order valence-electron chi connectivity index (χ1n) is 5.47. The quantitative estimate of drug-likeness (QED) is 0.870. The number of nitrogens with one attached hydrogen (secondary N) is 1. The highest BCUT2D eigenvalue weighted by Crippen LogP contribution is 2.19. The third-order valence-electron chi connectivity index (χ3n) is 2.44. The van der Waals surface area contributed by atoms with Crippen LogP contribution in [0.15, 0.2) is 18.3 Å². The first kappa shape index (κ1) is 14.6. The van der Waals surface area contributed by atoms with E-state index >= 15 is 0 Å². The highest BCUT2D eigenvalue weighted by molar-refractivity contribution is 5.92. The highest BCUT2D eigenvalue weighted by atomic mass is 19.4. The number of hydrogen-bond donors (Lipinski definition) is 1. The SMILES string of the molecule is CNCCN(C)C(=O)c1cccn1CC(F)(F)F. The number of rotatable bonds is 5. The van der Waals surface area contributed by atoms with E-state index < -0.39 is 18.6 Å². The summed E-state index contributed by atoms with van der Waals surface area (Å²) in [5.41, 5.74) is 0.0472. The van der Waals surface area contributed by atoms with Crippen molar-refractivity contribution >= 4 is 5.91 Å². The summed E-state index contributed by atoms with van der Waals surface area (Å²) in [5, 5.41) is 2.87. The molecule has 1 aromatic rings. The van der Waals surface area contributed by atoms with Crippen LogP contribution in [-0.4, -0.2) is 48.7 Å². The van der Waals surface area contributed by atoms with Crippen LogP contribution in [0.25, 0.3) is 0 Å². The van der Waals surface area contributed by atoms with E-state index in [1.165, 1.54) is 23.2 Å². The van der Waals surface area contributed by atoms with Gasteiger partial charge in [-0.15, -0.1) is 0 Å². The van der Waals surface area contributed by atoms with E-state index in [-0.39, 0.29) is 5.69 Å². The Kier molecular flexibility index (Phi) is 4.77. The zero-order valence-electron chi connectivity index (χ0n) is 10.3. The van der Waals surface area contributed by atoms with Crippen molar-refractivity contribution in [3.63, 3.8) is 0 Å². The van der Waals surface area contributed by atoms with Gasteiger partial charge in [-0.25, -0.2) is 0 Å². The fourth-order valence-electron chi connectivity index (χ4n) is 1.52. The Labute approximate surface area is 103 Å². The van der Waals surface area contributed by atoms with Gasteiger partial charge in [0.2, 0.25) is 0 Å². The normalized spacial score (nSPS) is 11.6. The molecule has 1 heterocycles. The summed E-state index contributed by atoms with van der Waals surface area (Å²) in [7, 11) is 3.30. The second kappa shape index (κ2) is 5.90. The van der Waals surface area contributed by atoms with Gasteiger partial charge in [0.05, 0.1) is 0 Å². The van der Waals surface area contributed by atoms with Gasteiger partial charge in [0.15, 0.2) is 0 Å². The first-order chi connectivity index (χ1) is 8.35. The van der Waals surface area contributed by atoms with Crippen LogP contribution >= 0.6 is 0 Å². The largest absolute Gasteiger partial charge is 0.406 e. The van der Waals surface area contributed by atoms with Crippen molar-refractivity contribution in [3.05, 3.63) is 24.0 Å². The predicted molar refractivity (Wildman–Crippen MR) is 61.4 cm³/mol. The fourth-order valence-corrected chi connectivity index (χ4v) is 1.52. The molecular weight excluding hydrogens is 247 g/mol. The molecule has 0 saturated heterocycles. The Morgan fingerprint density at radius 2 is 2.17 bits per heavy atom. The Morgan fingerprint density at radius 1 is 1.50 bits per heavy atom. The molecule has 0 fully saturated rings. The Bertz CT molecular complexity index is 400. The zero-order chi connectivity index (χ0) is 13.8. The summed E-state index contributed by atoms with van der Waals surface area (Å²) >= 11 is 0. The molecule has 0 spiro atoms. The number of halogens is 3. The molecule has 0 aliphatic carbocycles. The summed E-state index contributed by atoms with van der Waals surface area (Å²) in [6.45, 7) is -0.129. The second-order valence-electron chi connectivity index (χ2n) is 3.97. The van der Waals surface area contributed by atoms with Gasteiger partial charge in [-0.05, 0) is 19.2 Å². The molecule has 0 aliphatic rings. The molecule has 0 radical (unpaired) electrons. The topological polar surface area (TPSA) is 37.3 Å². The standard InChI is InChI=1S/C11H16F3N3O/c1-15-5-7-16(2)10(18)9-4-3-6-17(9)8-11(12,13)14/h3-4,6,15H,5,7-8H2,1-2H3. The molecule has 0 unspecified atom stereocenters. The lowest BCUT2D eigenvalue weighted by molar-refractivity contribution is -0.140. The zero-order valence-corrected chi connectivity index (χ0v) is 10.3. The average molecular weight is 263 g/mol. The molecular formula is C11H16F3N3O. The minimum Gasteiger partial charge on any atom is -0.339 e. The van der Waals surface area contributed by atoms with Gasteiger partial charge in [-0.2, -0.15) is 13.2 Å². The number of likely N-dealkylation sites (N-methyl/N-ethyl adjacent to an activating group) is 2. The van der Waals surface area contributed by atoms with Crippen LogP contribution in [0.4, 0.5) is 13.2 Å². The van der Waals surface area contributed by atoms with Crippen LogP contribution in [0.2, 0.25) is 0 Å². The third-order valence-corrected chi connectivity index (χ3v) is 2.44. The minimum absolute atomic E-state index is 0.0472. The van der Waals surface area contributed by atoms with Gasteiger partial charge in [0.1, 0.15) is 12.2 Å². The number of carbonyl (C=O) groups excluding carboxylic acids is 1. The monoisotopic (exact) mass is 263 g/mol. The summed E-state index contributed by atoms with van der Waals surface area (Å²) in [6, 6.07) is 2.83. The van der Waals surface area contributed by atoms with Gasteiger partial charge in [0, 0.05) is 26.3 Å². The molecule has 1 aromatic heterocycles. The molecule has 7 heteroatoms. The predicted octanol–water partition coefficient (Wildman–Crippen LogP) is 1.34. The van der Waals surface area contributed by atoms with E-state index in [0.717, 1.165) is 4.57 Å². The van der Waals surface area contributed by atoms with Crippen molar-refractivity contribution in [3.8, 4) is 0 Å². The van der Waals surface area contributed by atoms with E-state index in [0.29, 0.717) is 13.1 Å². The van der Waals surface area contributed by atoms with Crippen LogP contribution in [0, 0.1) is 0 Å². The fraction of sp³-hybridized carbons (Fsp3) is 0.545. The van der Waals surface area contributed by atoms with E-state index in [1.54, 1.807) is 14.1 Å². The molecule has 18 heavy (non-hydrogen) atoms. The molecule has 0 atom stereocenters. The molecule has 0 saturated carbocycles. The summed E-state index contributed by atoms with van der Waals surface area (Å²) < 4.78 is 37.8. The van der Waals surface area contributed by atoms with Gasteiger partial charge in [-0.1, -0.05) is 0 Å². The van der Waals surface area contributed by atoms with Crippen molar-refractivity contribution in [1.29, 1.82) is 0 Å². The van der Waals surface area contributed by atoms with Gasteiger partial charge in [0.25, 0.3) is 5.91 Å². The molecule has 0 bridgehead atoms. The number of aromatic nitrogens is 1. The van der Waals surface area contributed by atoms with Crippen molar-refractivity contribution in [2.45, 2.75) is 12.7 Å². The maximum Gasteiger partial charge on any atom is 0.406 e.